The van der Waals surface area contributed by atoms with Gasteiger partial charge in [-0.25, -0.2) is 9.37 Å². The average molecular weight is 467 g/mol. The van der Waals surface area contributed by atoms with Gasteiger partial charge in [-0.05, 0) is 80.7 Å². The molecule has 2 heterocycles. The summed E-state index contributed by atoms with van der Waals surface area (Å²) in [5, 5.41) is 7.12. The monoisotopic (exact) mass is 466 g/mol. The molecule has 0 aliphatic heterocycles. The van der Waals surface area contributed by atoms with Crippen molar-refractivity contribution < 1.29 is 14.0 Å². The molecule has 2 amide bonds. The average Bonchev–Trinajstić information content (AvgIpc) is 3.15. The van der Waals surface area contributed by atoms with Crippen molar-refractivity contribution in [3.63, 3.8) is 0 Å². The Kier molecular flexibility index (Phi) is 4.56. The first-order valence-electron chi connectivity index (χ1n) is 11.4. The van der Waals surface area contributed by atoms with Gasteiger partial charge >= 0.3 is 0 Å². The number of nitrogens with one attached hydrogen (secondary N) is 2. The number of imidazole rings is 1. The van der Waals surface area contributed by atoms with E-state index in [0.717, 1.165) is 32.1 Å². The van der Waals surface area contributed by atoms with Gasteiger partial charge in [0, 0.05) is 29.0 Å². The first-order valence-corrected chi connectivity index (χ1v) is 11.7. The molecule has 0 saturated heterocycles. The quantitative estimate of drug-likeness (QED) is 0.599. The van der Waals surface area contributed by atoms with Crippen molar-refractivity contribution in [2.24, 2.45) is 11.8 Å². The second kappa shape index (κ2) is 7.29. The molecule has 0 radical (unpaired) electrons. The number of fused-ring (bicyclic) bond motifs is 1. The molecular formula is C25H24ClFN4O2. The number of nitrogens with zero attached hydrogens (tertiary/aromatic N) is 2. The Morgan fingerprint density at radius 3 is 2.39 bits per heavy atom. The van der Waals surface area contributed by atoms with Gasteiger partial charge in [-0.1, -0.05) is 17.7 Å². The Morgan fingerprint density at radius 2 is 1.70 bits per heavy atom. The molecular weight excluding hydrogens is 443 g/mol. The van der Waals surface area contributed by atoms with Gasteiger partial charge in [0.25, 0.3) is 11.8 Å². The van der Waals surface area contributed by atoms with Crippen molar-refractivity contribution in [2.75, 3.05) is 0 Å². The predicted octanol–water partition coefficient (Wildman–Crippen LogP) is 4.38. The number of benzene rings is 1. The van der Waals surface area contributed by atoms with Crippen LogP contribution in [0, 0.1) is 17.7 Å². The summed E-state index contributed by atoms with van der Waals surface area (Å²) in [6, 6.07) is 9.30. The van der Waals surface area contributed by atoms with E-state index in [1.807, 2.05) is 0 Å². The fourth-order valence-electron chi connectivity index (χ4n) is 6.88. The van der Waals surface area contributed by atoms with Gasteiger partial charge in [0.2, 0.25) is 0 Å². The normalized spacial score (nSPS) is 29.9. The number of carbonyl (C=O) groups is 2. The van der Waals surface area contributed by atoms with E-state index in [2.05, 4.69) is 15.6 Å². The molecule has 4 fully saturated rings. The molecule has 33 heavy (non-hydrogen) atoms. The molecule has 2 N–H and O–H groups in total. The van der Waals surface area contributed by atoms with Crippen LogP contribution in [-0.4, -0.2) is 32.3 Å². The van der Waals surface area contributed by atoms with E-state index in [1.54, 1.807) is 41.1 Å². The summed E-state index contributed by atoms with van der Waals surface area (Å²) in [5.74, 6) is 0.00245. The van der Waals surface area contributed by atoms with Crippen molar-refractivity contribution in [3.8, 4) is 0 Å². The smallest absolute Gasteiger partial charge is 0.271 e. The van der Waals surface area contributed by atoms with Gasteiger partial charge in [-0.2, -0.15) is 0 Å². The van der Waals surface area contributed by atoms with E-state index in [9.17, 15) is 14.0 Å². The summed E-state index contributed by atoms with van der Waals surface area (Å²) in [6.45, 7) is 0. The lowest BCUT2D eigenvalue weighted by Gasteiger charge is -2.62. The predicted molar refractivity (Wildman–Crippen MR) is 122 cm³/mol. The molecule has 4 bridgehead atoms. The lowest BCUT2D eigenvalue weighted by molar-refractivity contribution is -0.0448. The van der Waals surface area contributed by atoms with Crippen molar-refractivity contribution in [1.82, 2.24) is 20.0 Å². The number of carbonyl (C=O) groups excluding carboxylic acids is 2. The highest BCUT2D eigenvalue weighted by molar-refractivity contribution is 6.30. The third kappa shape index (κ3) is 3.68. The SMILES string of the molecule is O=C(NC12CC3CC(C1)CC(NC(=O)c1cn4cc(Cl)ccc4n1)(C3)C2)c1cccc(F)c1. The maximum atomic E-state index is 13.6. The summed E-state index contributed by atoms with van der Waals surface area (Å²) in [4.78, 5) is 30.6. The van der Waals surface area contributed by atoms with Crippen LogP contribution in [0.2, 0.25) is 5.02 Å². The minimum absolute atomic E-state index is 0.205. The highest BCUT2D eigenvalue weighted by Gasteiger charge is 2.58. The second-order valence-electron chi connectivity index (χ2n) is 10.2. The summed E-state index contributed by atoms with van der Waals surface area (Å²) in [6.07, 6.45) is 8.84. The van der Waals surface area contributed by atoms with Crippen molar-refractivity contribution >= 4 is 29.1 Å². The van der Waals surface area contributed by atoms with E-state index in [-0.39, 0.29) is 22.9 Å². The van der Waals surface area contributed by atoms with Crippen LogP contribution >= 0.6 is 11.6 Å². The minimum Gasteiger partial charge on any atom is -0.346 e. The summed E-state index contributed by atoms with van der Waals surface area (Å²) in [5.41, 5.74) is 0.587. The summed E-state index contributed by atoms with van der Waals surface area (Å²) in [7, 11) is 0. The largest absolute Gasteiger partial charge is 0.346 e. The second-order valence-corrected chi connectivity index (χ2v) is 10.6. The van der Waals surface area contributed by atoms with Gasteiger partial charge in [0.15, 0.2) is 0 Å². The van der Waals surface area contributed by atoms with Crippen LogP contribution in [0.25, 0.3) is 5.65 Å². The Labute approximate surface area is 195 Å². The molecule has 4 saturated carbocycles. The molecule has 8 heteroatoms. The van der Waals surface area contributed by atoms with Crippen molar-refractivity contribution in [1.29, 1.82) is 0 Å². The van der Waals surface area contributed by atoms with E-state index < -0.39 is 5.82 Å². The molecule has 3 aromatic rings. The van der Waals surface area contributed by atoms with Gasteiger partial charge in [0.1, 0.15) is 17.2 Å². The Morgan fingerprint density at radius 1 is 1.00 bits per heavy atom. The van der Waals surface area contributed by atoms with Crippen LogP contribution in [0.15, 0.2) is 48.8 Å². The molecule has 7 rings (SSSR count). The number of halogens is 2. The van der Waals surface area contributed by atoms with Gasteiger partial charge in [-0.3, -0.25) is 9.59 Å². The Hall–Kier alpha value is -2.93. The van der Waals surface area contributed by atoms with Gasteiger partial charge in [-0.15, -0.1) is 0 Å². The topological polar surface area (TPSA) is 75.5 Å². The number of hydrogen-bond donors (Lipinski definition) is 2. The van der Waals surface area contributed by atoms with Crippen LogP contribution in [0.1, 0.15) is 59.4 Å². The standard InChI is InChI=1S/C25H24ClFN4O2/c26-18-4-5-21-28-20(13-31(21)12-18)23(33)30-25-10-15-6-16(11-25)9-24(8-15,14-25)29-22(32)17-2-1-3-19(27)7-17/h1-5,7,12-13,15-16H,6,8-11,14H2,(H,29,32)(H,30,33). The number of pyridine rings is 1. The fourth-order valence-corrected chi connectivity index (χ4v) is 7.04. The first kappa shape index (κ1) is 20.7. The van der Waals surface area contributed by atoms with E-state index in [0.29, 0.717) is 40.2 Å². The zero-order chi connectivity index (χ0) is 22.8. The van der Waals surface area contributed by atoms with Crippen LogP contribution in [0.5, 0.6) is 0 Å². The molecule has 0 spiro atoms. The minimum atomic E-state index is -0.425. The molecule has 4 aliphatic carbocycles. The molecule has 2 atom stereocenters. The van der Waals surface area contributed by atoms with E-state index >= 15 is 0 Å². The third-order valence-electron chi connectivity index (χ3n) is 7.55. The highest BCUT2D eigenvalue weighted by Crippen LogP contribution is 2.57. The van der Waals surface area contributed by atoms with Crippen LogP contribution in [0.4, 0.5) is 4.39 Å². The lowest BCUT2D eigenvalue weighted by Crippen LogP contribution is -2.69. The number of hydrogen-bond acceptors (Lipinski definition) is 3. The van der Waals surface area contributed by atoms with Crippen LogP contribution in [-0.2, 0) is 0 Å². The zero-order valence-electron chi connectivity index (χ0n) is 18.0. The molecule has 2 aromatic heterocycles. The molecule has 6 nitrogen and oxygen atoms in total. The molecule has 170 valence electrons. The Bertz CT molecular complexity index is 1270. The van der Waals surface area contributed by atoms with Crippen molar-refractivity contribution in [3.05, 3.63) is 70.9 Å². The Balaban J connectivity index is 1.25. The third-order valence-corrected chi connectivity index (χ3v) is 7.78. The maximum absolute atomic E-state index is 13.6. The summed E-state index contributed by atoms with van der Waals surface area (Å²) < 4.78 is 15.4. The van der Waals surface area contributed by atoms with Crippen LogP contribution in [0.3, 0.4) is 0 Å². The molecule has 4 aliphatic rings. The maximum Gasteiger partial charge on any atom is 0.271 e. The van der Waals surface area contributed by atoms with E-state index in [1.165, 1.54) is 12.1 Å². The highest BCUT2D eigenvalue weighted by atomic mass is 35.5. The molecule has 1 aromatic carbocycles. The van der Waals surface area contributed by atoms with E-state index in [4.69, 9.17) is 11.6 Å². The lowest BCUT2D eigenvalue weighted by atomic mass is 9.49. The number of aromatic nitrogens is 2. The zero-order valence-corrected chi connectivity index (χ0v) is 18.7. The van der Waals surface area contributed by atoms with Crippen molar-refractivity contribution in [2.45, 2.75) is 49.6 Å². The van der Waals surface area contributed by atoms with Gasteiger partial charge in [0.05, 0.1) is 5.02 Å². The van der Waals surface area contributed by atoms with Gasteiger partial charge < -0.3 is 15.0 Å². The van der Waals surface area contributed by atoms with Crippen LogP contribution < -0.4 is 10.6 Å². The first-order chi connectivity index (χ1) is 15.8. The molecule has 2 unspecified atom stereocenters. The number of amides is 2. The summed E-state index contributed by atoms with van der Waals surface area (Å²) >= 11 is 6.06. The number of rotatable bonds is 4. The fraction of sp³-hybridized carbons (Fsp3) is 0.400.